The van der Waals surface area contributed by atoms with E-state index >= 15 is 0 Å². The van der Waals surface area contributed by atoms with E-state index in [0.29, 0.717) is 13.2 Å². The maximum absolute atomic E-state index is 11.9. The first kappa shape index (κ1) is 16.8. The molecule has 2 rings (SSSR count). The number of hydrogen-bond acceptors (Lipinski definition) is 4. The number of aryl methyl sites for hydroxylation is 1. The van der Waals surface area contributed by atoms with Crippen LogP contribution in [0.4, 0.5) is 11.4 Å². The summed E-state index contributed by atoms with van der Waals surface area (Å²) in [4.78, 5) is 11.9. The van der Waals surface area contributed by atoms with Gasteiger partial charge in [-0.05, 0) is 31.2 Å². The molecular formula is C18H22N2O3. The van der Waals surface area contributed by atoms with Crippen LogP contribution in [-0.2, 0) is 9.53 Å². The lowest BCUT2D eigenvalue weighted by Gasteiger charge is -2.10. The predicted octanol–water partition coefficient (Wildman–Crippen LogP) is 3.07. The molecule has 0 unspecified atom stereocenters. The van der Waals surface area contributed by atoms with Crippen molar-refractivity contribution >= 4 is 17.3 Å². The average Bonchev–Trinajstić information content (AvgIpc) is 2.56. The number of nitrogens with one attached hydrogen (secondary N) is 2. The van der Waals surface area contributed by atoms with E-state index in [1.54, 1.807) is 7.11 Å². The van der Waals surface area contributed by atoms with Gasteiger partial charge in [-0.15, -0.1) is 0 Å². The van der Waals surface area contributed by atoms with Gasteiger partial charge >= 0.3 is 0 Å². The standard InChI is InChI=1S/C18H22N2O3/c1-14-6-8-15(9-7-14)20-18(21)13-19-16-4-3-5-17(12-16)23-11-10-22-2/h3-9,12,19H,10-11,13H2,1-2H3,(H,20,21). The number of benzene rings is 2. The Labute approximate surface area is 136 Å². The van der Waals surface area contributed by atoms with Gasteiger partial charge in [0.05, 0.1) is 13.2 Å². The van der Waals surface area contributed by atoms with Crippen molar-refractivity contribution in [2.24, 2.45) is 0 Å². The second kappa shape index (κ2) is 8.80. The molecule has 2 aromatic rings. The van der Waals surface area contributed by atoms with Crippen molar-refractivity contribution in [1.82, 2.24) is 0 Å². The Bertz CT molecular complexity index is 626. The van der Waals surface area contributed by atoms with E-state index in [9.17, 15) is 4.79 Å². The van der Waals surface area contributed by atoms with Crippen molar-refractivity contribution in [2.45, 2.75) is 6.92 Å². The highest BCUT2D eigenvalue weighted by Crippen LogP contribution is 2.17. The molecule has 0 saturated carbocycles. The number of rotatable bonds is 8. The van der Waals surface area contributed by atoms with Crippen LogP contribution in [0.2, 0.25) is 0 Å². The van der Waals surface area contributed by atoms with E-state index in [4.69, 9.17) is 9.47 Å². The fourth-order valence-corrected chi connectivity index (χ4v) is 1.96. The van der Waals surface area contributed by atoms with Crippen molar-refractivity contribution in [3.8, 4) is 5.75 Å². The van der Waals surface area contributed by atoms with Crippen LogP contribution in [0.3, 0.4) is 0 Å². The molecule has 0 aromatic heterocycles. The van der Waals surface area contributed by atoms with E-state index in [-0.39, 0.29) is 12.5 Å². The van der Waals surface area contributed by atoms with Crippen LogP contribution in [0, 0.1) is 6.92 Å². The lowest BCUT2D eigenvalue weighted by molar-refractivity contribution is -0.114. The Balaban J connectivity index is 1.81. The third kappa shape index (κ3) is 6.00. The first-order valence-corrected chi connectivity index (χ1v) is 7.49. The minimum Gasteiger partial charge on any atom is -0.491 e. The fourth-order valence-electron chi connectivity index (χ4n) is 1.96. The largest absolute Gasteiger partial charge is 0.491 e. The van der Waals surface area contributed by atoms with E-state index in [0.717, 1.165) is 22.7 Å². The first-order valence-electron chi connectivity index (χ1n) is 7.49. The first-order chi connectivity index (χ1) is 11.2. The summed E-state index contributed by atoms with van der Waals surface area (Å²) in [6, 6.07) is 15.2. The fraction of sp³-hybridized carbons (Fsp3) is 0.278. The molecule has 2 aromatic carbocycles. The Hall–Kier alpha value is -2.53. The second-order valence-corrected chi connectivity index (χ2v) is 5.14. The molecule has 1 amide bonds. The molecule has 0 aliphatic carbocycles. The van der Waals surface area contributed by atoms with Crippen molar-refractivity contribution in [1.29, 1.82) is 0 Å². The van der Waals surface area contributed by atoms with E-state index in [1.807, 2.05) is 55.5 Å². The van der Waals surface area contributed by atoms with Gasteiger partial charge in [0.2, 0.25) is 5.91 Å². The molecular weight excluding hydrogens is 292 g/mol. The molecule has 2 N–H and O–H groups in total. The van der Waals surface area contributed by atoms with E-state index < -0.39 is 0 Å². The topological polar surface area (TPSA) is 59.6 Å². The van der Waals surface area contributed by atoms with Crippen LogP contribution in [0.5, 0.6) is 5.75 Å². The van der Waals surface area contributed by atoms with Gasteiger partial charge in [-0.1, -0.05) is 23.8 Å². The van der Waals surface area contributed by atoms with Crippen molar-refractivity contribution in [3.63, 3.8) is 0 Å². The summed E-state index contributed by atoms with van der Waals surface area (Å²) in [5, 5.41) is 5.93. The van der Waals surface area contributed by atoms with Crippen molar-refractivity contribution in [3.05, 3.63) is 54.1 Å². The minimum absolute atomic E-state index is 0.0976. The van der Waals surface area contributed by atoms with Crippen LogP contribution < -0.4 is 15.4 Å². The van der Waals surface area contributed by atoms with Gasteiger partial charge in [0.1, 0.15) is 12.4 Å². The number of amides is 1. The number of ether oxygens (including phenoxy) is 2. The van der Waals surface area contributed by atoms with Gasteiger partial charge < -0.3 is 20.1 Å². The zero-order valence-corrected chi connectivity index (χ0v) is 13.5. The highest BCUT2D eigenvalue weighted by atomic mass is 16.5. The van der Waals surface area contributed by atoms with Gasteiger partial charge in [-0.2, -0.15) is 0 Å². The van der Waals surface area contributed by atoms with Gasteiger partial charge in [0.25, 0.3) is 0 Å². The molecule has 0 bridgehead atoms. The average molecular weight is 314 g/mol. The van der Waals surface area contributed by atoms with Gasteiger partial charge in [0, 0.05) is 24.6 Å². The molecule has 23 heavy (non-hydrogen) atoms. The number of anilines is 2. The van der Waals surface area contributed by atoms with Gasteiger partial charge in [0.15, 0.2) is 0 Å². The number of hydrogen-bond donors (Lipinski definition) is 2. The molecule has 5 heteroatoms. The quantitative estimate of drug-likeness (QED) is 0.735. The van der Waals surface area contributed by atoms with Crippen LogP contribution in [-0.4, -0.2) is 32.8 Å². The normalized spacial score (nSPS) is 10.2. The van der Waals surface area contributed by atoms with Crippen molar-refractivity contribution < 1.29 is 14.3 Å². The molecule has 0 fully saturated rings. The SMILES string of the molecule is COCCOc1cccc(NCC(=O)Nc2ccc(C)cc2)c1. The van der Waals surface area contributed by atoms with Crippen LogP contribution in [0.1, 0.15) is 5.56 Å². The molecule has 0 aliphatic heterocycles. The predicted molar refractivity (Wildman–Crippen MR) is 92.1 cm³/mol. The second-order valence-electron chi connectivity index (χ2n) is 5.14. The van der Waals surface area contributed by atoms with Gasteiger partial charge in [-0.3, -0.25) is 4.79 Å². The molecule has 5 nitrogen and oxygen atoms in total. The Kier molecular flexibility index (Phi) is 6.44. The number of methoxy groups -OCH3 is 1. The third-order valence-corrected chi connectivity index (χ3v) is 3.18. The minimum atomic E-state index is -0.0976. The summed E-state index contributed by atoms with van der Waals surface area (Å²) >= 11 is 0. The zero-order valence-electron chi connectivity index (χ0n) is 13.5. The van der Waals surface area contributed by atoms with Crippen LogP contribution in [0.15, 0.2) is 48.5 Å². The Morgan fingerprint density at radius 1 is 1.04 bits per heavy atom. The molecule has 0 radical (unpaired) electrons. The van der Waals surface area contributed by atoms with E-state index in [2.05, 4.69) is 10.6 Å². The lowest BCUT2D eigenvalue weighted by Crippen LogP contribution is -2.21. The molecule has 0 saturated heterocycles. The number of carbonyl (C=O) groups excluding carboxylic acids is 1. The lowest BCUT2D eigenvalue weighted by atomic mass is 10.2. The monoisotopic (exact) mass is 314 g/mol. The highest BCUT2D eigenvalue weighted by Gasteiger charge is 2.03. The Morgan fingerprint density at radius 3 is 2.57 bits per heavy atom. The summed E-state index contributed by atoms with van der Waals surface area (Å²) in [5.74, 6) is 0.644. The third-order valence-electron chi connectivity index (χ3n) is 3.18. The summed E-state index contributed by atoms with van der Waals surface area (Å²) in [5.41, 5.74) is 2.78. The Morgan fingerprint density at radius 2 is 1.83 bits per heavy atom. The molecule has 0 atom stereocenters. The zero-order chi connectivity index (χ0) is 16.5. The smallest absolute Gasteiger partial charge is 0.243 e. The van der Waals surface area contributed by atoms with E-state index in [1.165, 1.54) is 0 Å². The molecule has 0 aliphatic rings. The van der Waals surface area contributed by atoms with Crippen LogP contribution >= 0.6 is 0 Å². The van der Waals surface area contributed by atoms with Crippen molar-refractivity contribution in [2.75, 3.05) is 37.5 Å². The maximum Gasteiger partial charge on any atom is 0.243 e. The summed E-state index contributed by atoms with van der Waals surface area (Å²) in [6.45, 7) is 3.23. The summed E-state index contributed by atoms with van der Waals surface area (Å²) < 4.78 is 10.5. The van der Waals surface area contributed by atoms with Gasteiger partial charge in [-0.25, -0.2) is 0 Å². The highest BCUT2D eigenvalue weighted by molar-refractivity contribution is 5.93. The van der Waals surface area contributed by atoms with Crippen LogP contribution in [0.25, 0.3) is 0 Å². The number of carbonyl (C=O) groups is 1. The molecule has 0 heterocycles. The summed E-state index contributed by atoms with van der Waals surface area (Å²) in [7, 11) is 1.63. The summed E-state index contributed by atoms with van der Waals surface area (Å²) in [6.07, 6.45) is 0. The molecule has 122 valence electrons. The maximum atomic E-state index is 11.9. The molecule has 0 spiro atoms.